The van der Waals surface area contributed by atoms with Gasteiger partial charge in [0.2, 0.25) is 0 Å². The first-order valence-corrected chi connectivity index (χ1v) is 15.2. The maximum atomic E-state index is 13.9. The number of aromatic amines is 1. The van der Waals surface area contributed by atoms with Crippen LogP contribution in [0.1, 0.15) is 53.1 Å². The molecule has 3 aromatic rings. The summed E-state index contributed by atoms with van der Waals surface area (Å²) in [7, 11) is -3.41. The number of piperidine rings is 1. The monoisotopic (exact) mass is 611 g/mol. The lowest BCUT2D eigenvalue weighted by atomic mass is 10.0. The highest BCUT2D eigenvalue weighted by Crippen LogP contribution is 2.48. The zero-order valence-electron chi connectivity index (χ0n) is 21.4. The lowest BCUT2D eigenvalue weighted by Crippen LogP contribution is -2.46. The fourth-order valence-electron chi connectivity index (χ4n) is 4.33. The largest absolute Gasteiger partial charge is 0.422 e. The summed E-state index contributed by atoms with van der Waals surface area (Å²) < 4.78 is 21.6. The Labute approximate surface area is 242 Å². The molecule has 39 heavy (non-hydrogen) atoms. The Bertz CT molecular complexity index is 1350. The van der Waals surface area contributed by atoms with E-state index in [0.717, 1.165) is 0 Å². The number of hydrogen-bond donors (Lipinski definition) is 3. The molecule has 2 aromatic carbocycles. The second-order valence-corrected chi connectivity index (χ2v) is 12.8. The highest BCUT2D eigenvalue weighted by atomic mass is 35.5. The minimum absolute atomic E-state index is 0.0808. The summed E-state index contributed by atoms with van der Waals surface area (Å²) in [5.41, 5.74) is 0.848. The first kappa shape index (κ1) is 29.6. The van der Waals surface area contributed by atoms with E-state index in [9.17, 15) is 14.2 Å². The number of halogens is 3. The number of ketones is 1. The summed E-state index contributed by atoms with van der Waals surface area (Å²) >= 11 is 18.3. The van der Waals surface area contributed by atoms with Crippen molar-refractivity contribution < 1.29 is 18.7 Å². The number of nitrogens with zero attached hydrogens (tertiary/aromatic N) is 2. The molecule has 9 nitrogen and oxygen atoms in total. The van der Waals surface area contributed by atoms with Crippen molar-refractivity contribution in [1.29, 1.82) is 0 Å². The van der Waals surface area contributed by atoms with E-state index in [1.807, 2.05) is 13.8 Å². The molecule has 3 N–H and O–H groups in total. The van der Waals surface area contributed by atoms with Crippen molar-refractivity contribution in [3.8, 4) is 5.75 Å². The van der Waals surface area contributed by atoms with Gasteiger partial charge in [-0.1, -0.05) is 40.9 Å². The molecule has 0 bridgehead atoms. The van der Waals surface area contributed by atoms with Crippen LogP contribution in [0.2, 0.25) is 15.1 Å². The molecule has 1 amide bonds. The normalized spacial score (nSPS) is 16.2. The van der Waals surface area contributed by atoms with Crippen LogP contribution in [-0.4, -0.2) is 51.7 Å². The predicted molar refractivity (Wildman–Crippen MR) is 153 cm³/mol. The second-order valence-electron chi connectivity index (χ2n) is 9.52. The van der Waals surface area contributed by atoms with E-state index in [0.29, 0.717) is 42.3 Å². The summed E-state index contributed by atoms with van der Waals surface area (Å²) in [5.74, 6) is -0.242. The number of benzene rings is 2. The third-order valence-corrected chi connectivity index (χ3v) is 9.51. The Balaban J connectivity index is 1.38. The van der Waals surface area contributed by atoms with E-state index in [4.69, 9.17) is 39.3 Å². The molecule has 4 rings (SSSR count). The maximum absolute atomic E-state index is 13.9. The molecule has 1 aromatic heterocycles. The van der Waals surface area contributed by atoms with Gasteiger partial charge in [0.25, 0.3) is 5.91 Å². The summed E-state index contributed by atoms with van der Waals surface area (Å²) in [6.45, 7) is 4.68. The fraction of sp³-hybridized carbons (Fsp3) is 0.346. The van der Waals surface area contributed by atoms with Gasteiger partial charge >= 0.3 is 7.67 Å². The standard InChI is InChI=1S/C26H29Cl3N5O4P/c1-16(2)33-39(37,38-20-8-6-18(27)7-9-20)34-12-10-19(11-13-34)31-26(36)25-17(15-30-32-25)14-23(35)24-21(28)4-3-5-22(24)29/h3-9,15-16,19H,10-14H2,1-2H3,(H,30,32)(H,31,36)(H,33,37). The number of aromatic nitrogens is 2. The molecular weight excluding hydrogens is 584 g/mol. The Morgan fingerprint density at radius 3 is 2.36 bits per heavy atom. The summed E-state index contributed by atoms with van der Waals surface area (Å²) in [6.07, 6.45) is 2.46. The molecule has 1 aliphatic heterocycles. The molecule has 1 atom stereocenters. The number of nitrogens with one attached hydrogen (secondary N) is 3. The summed E-state index contributed by atoms with van der Waals surface area (Å²) in [5, 5.41) is 13.8. The van der Waals surface area contributed by atoms with Gasteiger partial charge in [0.1, 0.15) is 11.4 Å². The van der Waals surface area contributed by atoms with E-state index < -0.39 is 7.67 Å². The Hall–Kier alpha value is -2.39. The van der Waals surface area contributed by atoms with Crippen LogP contribution in [0.15, 0.2) is 48.7 Å². The molecule has 0 saturated carbocycles. The minimum atomic E-state index is -3.41. The smallest absolute Gasteiger partial charge is 0.393 e. The second kappa shape index (κ2) is 12.9. The number of hydrogen-bond acceptors (Lipinski definition) is 5. The molecule has 0 spiro atoms. The van der Waals surface area contributed by atoms with Gasteiger partial charge in [0.15, 0.2) is 5.78 Å². The number of amides is 1. The van der Waals surface area contributed by atoms with Gasteiger partial charge in [-0.25, -0.2) is 14.3 Å². The Morgan fingerprint density at radius 2 is 1.74 bits per heavy atom. The van der Waals surface area contributed by atoms with Crippen molar-refractivity contribution in [1.82, 2.24) is 25.3 Å². The van der Waals surface area contributed by atoms with Crippen LogP contribution >= 0.6 is 42.5 Å². The lowest BCUT2D eigenvalue weighted by molar-refractivity contribution is 0.0916. The van der Waals surface area contributed by atoms with Crippen LogP contribution in [0, 0.1) is 0 Å². The van der Waals surface area contributed by atoms with Crippen LogP contribution in [0.5, 0.6) is 5.75 Å². The number of carbonyl (C=O) groups is 2. The molecule has 1 fully saturated rings. The van der Waals surface area contributed by atoms with Crippen LogP contribution < -0.4 is 14.9 Å². The van der Waals surface area contributed by atoms with E-state index in [-0.39, 0.29) is 51.5 Å². The maximum Gasteiger partial charge on any atom is 0.393 e. The molecule has 13 heteroatoms. The summed E-state index contributed by atoms with van der Waals surface area (Å²) in [6, 6.07) is 11.3. The van der Waals surface area contributed by atoms with Gasteiger partial charge in [-0.15, -0.1) is 0 Å². The third kappa shape index (κ3) is 7.42. The van der Waals surface area contributed by atoms with Gasteiger partial charge in [-0.05, 0) is 63.1 Å². The molecule has 1 unspecified atom stereocenters. The fourth-order valence-corrected chi connectivity index (χ4v) is 7.21. The van der Waals surface area contributed by atoms with Gasteiger partial charge < -0.3 is 9.84 Å². The van der Waals surface area contributed by atoms with Gasteiger partial charge in [0.05, 0.1) is 21.8 Å². The van der Waals surface area contributed by atoms with Crippen molar-refractivity contribution >= 4 is 54.2 Å². The topological polar surface area (TPSA) is 116 Å². The number of Topliss-reactive ketones (excluding diaryl/α,β-unsaturated/α-hetero) is 1. The first-order chi connectivity index (χ1) is 18.6. The third-order valence-electron chi connectivity index (χ3n) is 6.18. The van der Waals surface area contributed by atoms with Crippen molar-refractivity contribution in [3.05, 3.63) is 80.6 Å². The molecule has 0 aliphatic carbocycles. The lowest BCUT2D eigenvalue weighted by Gasteiger charge is -2.37. The Morgan fingerprint density at radius 1 is 1.10 bits per heavy atom. The zero-order chi connectivity index (χ0) is 28.2. The zero-order valence-corrected chi connectivity index (χ0v) is 24.6. The van der Waals surface area contributed by atoms with Crippen LogP contribution in [0.25, 0.3) is 0 Å². The van der Waals surface area contributed by atoms with Gasteiger partial charge in [-0.2, -0.15) is 5.10 Å². The molecule has 208 valence electrons. The average Bonchev–Trinajstić information content (AvgIpc) is 3.33. The van der Waals surface area contributed by atoms with Crippen molar-refractivity contribution in [2.45, 2.75) is 45.2 Å². The van der Waals surface area contributed by atoms with Crippen molar-refractivity contribution in [2.75, 3.05) is 13.1 Å². The van der Waals surface area contributed by atoms with Gasteiger partial charge in [0, 0.05) is 42.2 Å². The van der Waals surface area contributed by atoms with Crippen LogP contribution in [0.4, 0.5) is 0 Å². The molecule has 2 heterocycles. The SMILES string of the molecule is CC(C)NP(=O)(Oc1ccc(Cl)cc1)N1CCC(NC(=O)c2[nH]ncc2CC(=O)c2c(Cl)cccc2Cl)CC1. The van der Waals surface area contributed by atoms with E-state index >= 15 is 0 Å². The van der Waals surface area contributed by atoms with Gasteiger partial charge in [-0.3, -0.25) is 14.7 Å². The average molecular weight is 613 g/mol. The van der Waals surface area contributed by atoms with E-state index in [2.05, 4.69) is 20.6 Å². The van der Waals surface area contributed by atoms with Crippen LogP contribution in [0.3, 0.4) is 0 Å². The highest BCUT2D eigenvalue weighted by Gasteiger charge is 2.37. The minimum Gasteiger partial charge on any atom is -0.422 e. The molecule has 1 saturated heterocycles. The number of H-pyrrole nitrogens is 1. The van der Waals surface area contributed by atoms with E-state index in [1.54, 1.807) is 47.1 Å². The number of carbonyl (C=O) groups excluding carboxylic acids is 2. The highest BCUT2D eigenvalue weighted by molar-refractivity contribution is 7.54. The quantitative estimate of drug-likeness (QED) is 0.185. The predicted octanol–water partition coefficient (Wildman–Crippen LogP) is 6.17. The molecular formula is C26H29Cl3N5O4P. The Kier molecular flexibility index (Phi) is 9.75. The van der Waals surface area contributed by atoms with E-state index in [1.165, 1.54) is 6.20 Å². The molecule has 1 aliphatic rings. The first-order valence-electron chi connectivity index (χ1n) is 12.4. The number of rotatable bonds is 10. The van der Waals surface area contributed by atoms with Crippen LogP contribution in [-0.2, 0) is 11.0 Å². The van der Waals surface area contributed by atoms with Crippen molar-refractivity contribution in [2.24, 2.45) is 0 Å². The molecule has 0 radical (unpaired) electrons. The van der Waals surface area contributed by atoms with Crippen molar-refractivity contribution in [3.63, 3.8) is 0 Å². The summed E-state index contributed by atoms with van der Waals surface area (Å²) in [4.78, 5) is 26.0.